The number of unbranched alkanes of at least 4 members (excludes halogenated alkanes) is 18. The lowest BCUT2D eigenvalue weighted by Crippen LogP contribution is -2.53. The van der Waals surface area contributed by atoms with Crippen LogP contribution in [0.2, 0.25) is 0 Å². The van der Waals surface area contributed by atoms with E-state index in [9.17, 15) is 95.9 Å². The summed E-state index contributed by atoms with van der Waals surface area (Å²) in [4.78, 5) is 150. The second-order valence-electron chi connectivity index (χ2n) is 16.2. The number of hydrogen-bond acceptors (Lipinski definition) is 11. The van der Waals surface area contributed by atoms with Gasteiger partial charge in [-0.25, -0.2) is 0 Å². The first kappa shape index (κ1) is 66.6. The maximum atomic E-state index is 15.1. The highest BCUT2D eigenvalue weighted by Gasteiger charge is 2.75. The van der Waals surface area contributed by atoms with Crippen LogP contribution in [0, 0.1) is 0 Å². The van der Waals surface area contributed by atoms with Gasteiger partial charge in [0.15, 0.2) is 0 Å². The molecule has 4 atom stereocenters. The molecular weight excluding hydrogens is 1040 g/mol. The lowest BCUT2D eigenvalue weighted by atomic mass is 10.1. The molecule has 4 unspecified atom stereocenters. The normalized spacial score (nSPS) is 17.7. The molecule has 65 heavy (non-hydrogen) atoms. The number of rotatable bonds is 38. The Morgan fingerprint density at radius 1 is 0.354 bits per heavy atom. The van der Waals surface area contributed by atoms with Crippen LogP contribution >= 0.6 is 69.7 Å². The fourth-order valence-corrected chi connectivity index (χ4v) is 34.0. The van der Waals surface area contributed by atoms with Gasteiger partial charge in [0, 0.05) is 11.0 Å². The fraction of sp³-hybridized carbons (Fsp3) is 1.00. The van der Waals surface area contributed by atoms with Crippen molar-refractivity contribution >= 4 is 69.7 Å². The van der Waals surface area contributed by atoms with Crippen molar-refractivity contribution in [2.45, 2.75) is 190 Å². The Morgan fingerprint density at radius 3 is 0.723 bits per heavy atom. The van der Waals surface area contributed by atoms with Crippen molar-refractivity contribution in [3.05, 3.63) is 0 Å². The minimum atomic E-state index is -6.79. The molecule has 0 aromatic rings. The zero-order valence-corrected chi connectivity index (χ0v) is 45.5. The molecule has 0 radical (unpaired) electrons. The van der Waals surface area contributed by atoms with Crippen LogP contribution in [0.4, 0.5) is 0 Å². The van der Waals surface area contributed by atoms with Crippen molar-refractivity contribution in [3.8, 4) is 0 Å². The summed E-state index contributed by atoms with van der Waals surface area (Å²) in [5.74, 6) is 0. The van der Waals surface area contributed by atoms with Gasteiger partial charge in [0.1, 0.15) is 0 Å². The average molecular weight is 1120 g/mol. The molecule has 24 nitrogen and oxygen atoms in total. The van der Waals surface area contributed by atoms with Crippen LogP contribution in [-0.2, 0) is 36.5 Å². The summed E-state index contributed by atoms with van der Waals surface area (Å²) in [6.07, 6.45) is 8.42. The van der Waals surface area contributed by atoms with Crippen molar-refractivity contribution in [1.29, 1.82) is 0 Å². The molecule has 0 aliphatic heterocycles. The Bertz CT molecular complexity index is 1660. The number of nitrogens with zero attached hydrogens (tertiary/aromatic N) is 2. The topological polar surface area (TPSA) is 426 Å². The predicted molar refractivity (Wildman–Crippen MR) is 250 cm³/mol. The van der Waals surface area contributed by atoms with Gasteiger partial charge >= 0.3 is 45.6 Å². The van der Waals surface area contributed by atoms with Crippen molar-refractivity contribution in [1.82, 2.24) is 9.80 Å². The summed E-state index contributed by atoms with van der Waals surface area (Å²) in [6, 6.07) is 0. The second kappa shape index (κ2) is 28.1. The molecule has 33 heteroatoms. The molecular formula is C32H76N2O22P8S. The fourth-order valence-electron chi connectivity index (χ4n) is 8.15. The minimum absolute atomic E-state index is 0.0484. The molecule has 0 aromatic carbocycles. The van der Waals surface area contributed by atoms with E-state index in [0.29, 0.717) is 25.7 Å². The van der Waals surface area contributed by atoms with Gasteiger partial charge in [0.05, 0.1) is 0 Å². The van der Waals surface area contributed by atoms with E-state index in [1.165, 1.54) is 0 Å². The standard InChI is InChI=1S/C32H76N2O22P8S/c1-5-9-11-13-15-17-19-21-23-25-27-31(61(47,48)49,33(7-3)29(57(35,36)37)58(38,39)40)63(53,54)65-64(55,56)32(62(50,51)52,28-26-24-22-20-18-16-14-12-10-6-2)34(8-4)30(59(41,42)43)60(44,45)46/h29-30H,5-28H2,1-4H3,(H,53,54)(H,55,56)(H2,35,36,37)(H2,38,39,40)(H2,41,42,43)(H2,44,45,46)(H2,47,48,49)(H2,50,51,52). The molecule has 0 aromatic heterocycles. The Kier molecular flexibility index (Phi) is 28.8. The van der Waals surface area contributed by atoms with Gasteiger partial charge in [-0.1, -0.05) is 156 Å². The largest absolute Gasteiger partial charge is 0.356 e. The third-order valence-electron chi connectivity index (χ3n) is 11.2. The molecule has 14 N–H and O–H groups in total. The molecule has 0 aliphatic carbocycles. The molecule has 0 rings (SSSR count). The quantitative estimate of drug-likeness (QED) is 0.0204. The van der Waals surface area contributed by atoms with E-state index in [4.69, 9.17) is 0 Å². The molecule has 0 saturated heterocycles. The van der Waals surface area contributed by atoms with E-state index in [-0.39, 0.29) is 35.5 Å². The zero-order valence-electron chi connectivity index (χ0n) is 37.5. The van der Waals surface area contributed by atoms with Crippen LogP contribution in [0.3, 0.4) is 0 Å². The summed E-state index contributed by atoms with van der Waals surface area (Å²) >= 11 is -1.36. The van der Waals surface area contributed by atoms with E-state index < -0.39 is 130 Å². The van der Waals surface area contributed by atoms with Crippen LogP contribution in [0.25, 0.3) is 0 Å². The highest BCUT2D eigenvalue weighted by molar-refractivity contribution is 8.87. The SMILES string of the molecule is CCCCCCCCCCCCC(N(CC)C(P(=O)(O)O)P(=O)(O)O)(P(=O)(O)O)P(=O)(O)SP(=O)(O)C(CCCCCCCCCCCC)(N(CC)C(P(=O)(O)O)P(=O)(O)O)P(=O)(O)O. The third kappa shape index (κ3) is 19.2. The van der Waals surface area contributed by atoms with Gasteiger partial charge in [-0.2, -0.15) is 0 Å². The Morgan fingerprint density at radius 2 is 0.554 bits per heavy atom. The van der Waals surface area contributed by atoms with Gasteiger partial charge in [0.25, 0.3) is 13.1 Å². The highest BCUT2D eigenvalue weighted by atomic mass is 33.1. The summed E-state index contributed by atoms with van der Waals surface area (Å²) < 4.78 is 109. The molecule has 0 bridgehead atoms. The van der Waals surface area contributed by atoms with E-state index in [1.807, 2.05) is 13.8 Å². The second-order valence-corrected chi connectivity index (χ2v) is 36.7. The molecule has 0 aliphatic rings. The van der Waals surface area contributed by atoms with Crippen LogP contribution in [0.15, 0.2) is 0 Å². The third-order valence-corrected chi connectivity index (χ3v) is 35.5. The minimum Gasteiger partial charge on any atom is -0.335 e. The predicted octanol–water partition coefficient (Wildman–Crippen LogP) is 8.30. The van der Waals surface area contributed by atoms with Gasteiger partial charge in [-0.05, 0) is 25.9 Å². The van der Waals surface area contributed by atoms with Crippen LogP contribution in [0.1, 0.15) is 169 Å². The molecule has 0 saturated carbocycles. The lowest BCUT2D eigenvalue weighted by Gasteiger charge is -2.50. The zero-order chi connectivity index (χ0) is 51.0. The summed E-state index contributed by atoms with van der Waals surface area (Å²) in [5.41, 5.74) is -7.21. The van der Waals surface area contributed by atoms with E-state index in [1.54, 1.807) is 0 Å². The van der Waals surface area contributed by atoms with Crippen LogP contribution in [0.5, 0.6) is 0 Å². The molecule has 0 heterocycles. The average Bonchev–Trinajstić information content (AvgIpc) is 3.10. The summed E-state index contributed by atoms with van der Waals surface area (Å²) in [6.45, 7) is -10.4. The Labute approximate surface area is 386 Å². The maximum Gasteiger partial charge on any atom is 0.356 e. The van der Waals surface area contributed by atoms with E-state index in [0.717, 1.165) is 78.1 Å². The van der Waals surface area contributed by atoms with Gasteiger partial charge in [-0.3, -0.25) is 46.3 Å². The Balaban J connectivity index is 8.08. The molecule has 0 spiro atoms. The molecule has 0 amide bonds. The monoisotopic (exact) mass is 1120 g/mol. The maximum absolute atomic E-state index is 15.1. The van der Waals surface area contributed by atoms with E-state index in [2.05, 4.69) is 0 Å². The molecule has 0 fully saturated rings. The van der Waals surface area contributed by atoms with Gasteiger partial charge in [0.2, 0.25) is 21.1 Å². The first-order valence-corrected chi connectivity index (χ1v) is 37.0. The van der Waals surface area contributed by atoms with E-state index >= 15 is 9.13 Å². The number of hydrogen-bond donors (Lipinski definition) is 14. The first-order valence-electron chi connectivity index (χ1n) is 21.7. The van der Waals surface area contributed by atoms with Crippen molar-refractivity contribution in [2.75, 3.05) is 13.1 Å². The smallest absolute Gasteiger partial charge is 0.335 e. The first-order chi connectivity index (χ1) is 29.5. The van der Waals surface area contributed by atoms with Crippen molar-refractivity contribution < 1.29 is 105 Å². The molecule has 392 valence electrons. The van der Waals surface area contributed by atoms with Crippen LogP contribution < -0.4 is 0 Å². The summed E-state index contributed by atoms with van der Waals surface area (Å²) in [5, 5.41) is -8.32. The highest BCUT2D eigenvalue weighted by Crippen LogP contribution is 2.93. The van der Waals surface area contributed by atoms with Crippen molar-refractivity contribution in [3.63, 3.8) is 0 Å². The van der Waals surface area contributed by atoms with Crippen LogP contribution in [-0.4, -0.2) is 112 Å². The van der Waals surface area contributed by atoms with Crippen molar-refractivity contribution in [2.24, 2.45) is 0 Å². The summed E-state index contributed by atoms with van der Waals surface area (Å²) in [7, 11) is -38.8. The Hall–Kier alpha value is 1.55. The van der Waals surface area contributed by atoms with Gasteiger partial charge in [-0.15, -0.1) is 0 Å². The van der Waals surface area contributed by atoms with Gasteiger partial charge < -0.3 is 68.5 Å². The lowest BCUT2D eigenvalue weighted by molar-refractivity contribution is 0.153.